The fourth-order valence-electron chi connectivity index (χ4n) is 4.55. The van der Waals surface area contributed by atoms with E-state index in [2.05, 4.69) is 10.3 Å². The number of aromatic nitrogens is 1. The van der Waals surface area contributed by atoms with Gasteiger partial charge in [0.15, 0.2) is 0 Å². The Bertz CT molecular complexity index is 1010. The van der Waals surface area contributed by atoms with Gasteiger partial charge in [-0.05, 0) is 50.9 Å². The van der Waals surface area contributed by atoms with Crippen LogP contribution in [-0.4, -0.2) is 51.0 Å². The first-order valence-corrected chi connectivity index (χ1v) is 10.2. The quantitative estimate of drug-likeness (QED) is 0.542. The molecule has 158 valence electrons. The summed E-state index contributed by atoms with van der Waals surface area (Å²) in [6.07, 6.45) is 8.10. The Hall–Kier alpha value is -3.13. The molecule has 3 atom stereocenters. The average Bonchev–Trinajstić information content (AvgIpc) is 3.38. The van der Waals surface area contributed by atoms with E-state index in [4.69, 9.17) is 0 Å². The first-order valence-electron chi connectivity index (χ1n) is 10.2. The van der Waals surface area contributed by atoms with Crippen molar-refractivity contribution in [3.8, 4) is 0 Å². The van der Waals surface area contributed by atoms with Crippen molar-refractivity contribution in [1.82, 2.24) is 9.88 Å². The molecule has 0 saturated carbocycles. The zero-order valence-electron chi connectivity index (χ0n) is 16.5. The third-order valence-electron chi connectivity index (χ3n) is 6.10. The number of hydrogen-bond donors (Lipinski definition) is 4. The number of benzene rings is 1. The Balaban J connectivity index is 1.56. The summed E-state index contributed by atoms with van der Waals surface area (Å²) in [6.45, 7) is 1.52. The van der Waals surface area contributed by atoms with Crippen LogP contribution in [0.1, 0.15) is 37.3 Å². The van der Waals surface area contributed by atoms with Crippen LogP contribution in [0.2, 0.25) is 0 Å². The number of fused-ring (bicyclic) bond motifs is 1. The van der Waals surface area contributed by atoms with Crippen molar-refractivity contribution >= 4 is 34.4 Å². The highest BCUT2D eigenvalue weighted by Gasteiger charge is 2.34. The lowest BCUT2D eigenvalue weighted by Gasteiger charge is -2.24. The number of likely N-dealkylation sites (tertiary alicyclic amines) is 1. The Kier molecular flexibility index (Phi) is 5.59. The molecular weight excluding hydrogens is 386 g/mol. The number of aromatic amines is 1. The fourth-order valence-corrected chi connectivity index (χ4v) is 4.55. The Morgan fingerprint density at radius 3 is 2.43 bits per heavy atom. The predicted molar refractivity (Wildman–Crippen MR) is 111 cm³/mol. The Morgan fingerprint density at radius 2 is 1.77 bits per heavy atom. The summed E-state index contributed by atoms with van der Waals surface area (Å²) in [5, 5.41) is 22.8. The molecule has 2 aromatic rings. The van der Waals surface area contributed by atoms with Gasteiger partial charge in [0.25, 0.3) is 0 Å². The molecule has 8 nitrogen and oxygen atoms in total. The van der Waals surface area contributed by atoms with Crippen LogP contribution in [-0.2, 0) is 14.4 Å². The number of hydrogen-bond acceptors (Lipinski definition) is 4. The highest BCUT2D eigenvalue weighted by Crippen LogP contribution is 2.33. The summed E-state index contributed by atoms with van der Waals surface area (Å²) in [6, 6.07) is 4.59. The highest BCUT2D eigenvalue weighted by molar-refractivity contribution is 5.98. The number of carbonyl (C=O) groups is 3. The van der Waals surface area contributed by atoms with Crippen molar-refractivity contribution in [2.24, 2.45) is 11.8 Å². The van der Waals surface area contributed by atoms with Crippen LogP contribution in [0.4, 0.5) is 5.69 Å². The molecule has 0 radical (unpaired) electrons. The molecule has 1 aromatic heterocycles. The third kappa shape index (κ3) is 3.82. The maximum absolute atomic E-state index is 12.7. The van der Waals surface area contributed by atoms with E-state index in [9.17, 15) is 24.6 Å². The van der Waals surface area contributed by atoms with E-state index in [1.807, 2.05) is 11.0 Å². The molecule has 8 heteroatoms. The molecule has 0 spiro atoms. The molecule has 30 heavy (non-hydrogen) atoms. The van der Waals surface area contributed by atoms with Crippen molar-refractivity contribution in [3.63, 3.8) is 0 Å². The first-order chi connectivity index (χ1) is 14.5. The minimum Gasteiger partial charge on any atom is -0.481 e. The van der Waals surface area contributed by atoms with Gasteiger partial charge >= 0.3 is 11.9 Å². The van der Waals surface area contributed by atoms with E-state index >= 15 is 0 Å². The lowest BCUT2D eigenvalue weighted by Crippen LogP contribution is -2.34. The van der Waals surface area contributed by atoms with Crippen LogP contribution in [0.15, 0.2) is 36.5 Å². The van der Waals surface area contributed by atoms with Gasteiger partial charge < -0.3 is 20.5 Å². The molecule has 2 aliphatic rings. The summed E-state index contributed by atoms with van der Waals surface area (Å²) in [7, 11) is 0. The van der Waals surface area contributed by atoms with Crippen LogP contribution < -0.4 is 5.32 Å². The molecule has 1 fully saturated rings. The van der Waals surface area contributed by atoms with Gasteiger partial charge in [0.05, 0.1) is 11.8 Å². The van der Waals surface area contributed by atoms with Crippen LogP contribution in [0, 0.1) is 11.8 Å². The summed E-state index contributed by atoms with van der Waals surface area (Å²) in [5.41, 5.74) is 1.99. The molecule has 1 aromatic carbocycles. The van der Waals surface area contributed by atoms with Gasteiger partial charge in [0, 0.05) is 28.4 Å². The number of allylic oxidation sites excluding steroid dienone is 2. The maximum Gasteiger partial charge on any atom is 0.325 e. The number of carbonyl (C=O) groups excluding carboxylic acids is 1. The Morgan fingerprint density at radius 1 is 1.07 bits per heavy atom. The van der Waals surface area contributed by atoms with Crippen LogP contribution in [0.25, 0.3) is 10.9 Å². The van der Waals surface area contributed by atoms with E-state index in [1.54, 1.807) is 30.5 Å². The average molecular weight is 411 g/mol. The highest BCUT2D eigenvalue weighted by atomic mass is 16.4. The molecule has 1 amide bonds. The van der Waals surface area contributed by atoms with E-state index in [0.29, 0.717) is 24.1 Å². The monoisotopic (exact) mass is 411 g/mol. The van der Waals surface area contributed by atoms with Gasteiger partial charge in [-0.3, -0.25) is 19.3 Å². The van der Waals surface area contributed by atoms with Crippen molar-refractivity contribution in [2.75, 3.05) is 18.4 Å². The van der Waals surface area contributed by atoms with Gasteiger partial charge in [0.1, 0.15) is 6.04 Å². The molecule has 1 aliphatic heterocycles. The third-order valence-corrected chi connectivity index (χ3v) is 6.10. The lowest BCUT2D eigenvalue weighted by atomic mass is 9.82. The van der Waals surface area contributed by atoms with Crippen molar-refractivity contribution < 1.29 is 24.6 Å². The number of nitrogens with one attached hydrogen (secondary N) is 2. The minimum absolute atomic E-state index is 0.321. The summed E-state index contributed by atoms with van der Waals surface area (Å²) in [5.74, 6) is -3.51. The van der Waals surface area contributed by atoms with Crippen LogP contribution >= 0.6 is 0 Å². The van der Waals surface area contributed by atoms with Gasteiger partial charge in [-0.1, -0.05) is 18.2 Å². The van der Waals surface area contributed by atoms with Gasteiger partial charge in [0.2, 0.25) is 5.91 Å². The number of H-pyrrole nitrogens is 1. The summed E-state index contributed by atoms with van der Waals surface area (Å²) < 4.78 is 0. The molecule has 0 unspecified atom stereocenters. The van der Waals surface area contributed by atoms with Gasteiger partial charge in [-0.2, -0.15) is 0 Å². The number of carboxylic acids is 2. The normalized spacial score (nSPS) is 22.8. The second kappa shape index (κ2) is 8.31. The zero-order chi connectivity index (χ0) is 21.3. The van der Waals surface area contributed by atoms with Crippen LogP contribution in [0.3, 0.4) is 0 Å². The SMILES string of the molecule is O=C(O)[C@H](c1c[nH]c2cc(NC(=O)[C@@H]3CC=CC[C@H]3C(=O)O)ccc12)N1CCCC1. The topological polar surface area (TPSA) is 123 Å². The van der Waals surface area contributed by atoms with Gasteiger partial charge in [-0.25, -0.2) is 0 Å². The molecule has 4 N–H and O–H groups in total. The second-order valence-electron chi connectivity index (χ2n) is 7.97. The van der Waals surface area contributed by atoms with E-state index in [-0.39, 0.29) is 5.91 Å². The number of aliphatic carboxylic acids is 2. The van der Waals surface area contributed by atoms with E-state index in [0.717, 1.165) is 36.8 Å². The van der Waals surface area contributed by atoms with Crippen molar-refractivity contribution in [1.29, 1.82) is 0 Å². The molecule has 0 bridgehead atoms. The number of rotatable bonds is 6. The molecular formula is C22H25N3O5. The summed E-state index contributed by atoms with van der Waals surface area (Å²) >= 11 is 0. The van der Waals surface area contributed by atoms with Crippen molar-refractivity contribution in [2.45, 2.75) is 31.7 Å². The van der Waals surface area contributed by atoms with Gasteiger partial charge in [-0.15, -0.1) is 0 Å². The molecule has 1 saturated heterocycles. The largest absolute Gasteiger partial charge is 0.481 e. The number of carboxylic acid groups (broad SMARTS) is 2. The number of amides is 1. The number of anilines is 1. The fraction of sp³-hybridized carbons (Fsp3) is 0.409. The van der Waals surface area contributed by atoms with E-state index < -0.39 is 29.8 Å². The first kappa shape index (κ1) is 20.2. The molecule has 4 rings (SSSR count). The number of nitrogens with zero attached hydrogens (tertiary/aromatic N) is 1. The smallest absolute Gasteiger partial charge is 0.325 e. The van der Waals surface area contributed by atoms with Crippen LogP contribution in [0.5, 0.6) is 0 Å². The molecule has 1 aliphatic carbocycles. The van der Waals surface area contributed by atoms with E-state index in [1.165, 1.54) is 0 Å². The predicted octanol–water partition coefficient (Wildman–Crippen LogP) is 2.99. The second-order valence-corrected chi connectivity index (χ2v) is 7.97. The maximum atomic E-state index is 12.7. The summed E-state index contributed by atoms with van der Waals surface area (Å²) in [4.78, 5) is 41.2. The standard InChI is InChI=1S/C22H25N3O5/c26-20(15-5-1-2-6-16(15)21(27)28)24-13-7-8-14-17(12-23-18(14)11-13)19(22(29)30)25-9-3-4-10-25/h1-2,7-8,11-12,15-16,19,23H,3-6,9-10H2,(H,24,26)(H,27,28)(H,29,30)/t15-,16-,19+/m1/s1. The lowest BCUT2D eigenvalue weighted by molar-refractivity contribution is -0.146. The van der Waals surface area contributed by atoms with Crippen molar-refractivity contribution in [3.05, 3.63) is 42.1 Å². The molecule has 2 heterocycles. The minimum atomic E-state index is -0.967. The zero-order valence-corrected chi connectivity index (χ0v) is 16.5. The Labute approximate surface area is 173 Å².